The van der Waals surface area contributed by atoms with E-state index in [1.54, 1.807) is 17.0 Å². The fourth-order valence-corrected chi connectivity index (χ4v) is 1.76. The predicted octanol–water partition coefficient (Wildman–Crippen LogP) is 0.0915. The van der Waals surface area contributed by atoms with Crippen molar-refractivity contribution in [3.63, 3.8) is 0 Å². The molecule has 1 aliphatic heterocycles. The number of likely N-dealkylation sites (N-methyl/N-ethyl adjacent to an activating group) is 1. The number of hydrogen-bond acceptors (Lipinski definition) is 5. The van der Waals surface area contributed by atoms with E-state index in [-0.39, 0.29) is 11.9 Å². The number of piperidine rings is 1. The molecule has 0 saturated carbocycles. The lowest BCUT2D eigenvalue weighted by Gasteiger charge is -2.30. The number of hydrogen-bond donors (Lipinski definition) is 2. The molecule has 1 atom stereocenters. The molecule has 0 spiro atoms. The summed E-state index contributed by atoms with van der Waals surface area (Å²) in [6.07, 6.45) is 1.41. The highest BCUT2D eigenvalue weighted by Crippen LogP contribution is 2.14. The molecular formula is C10H15N5O. The number of carbonyl (C=O) groups is 1. The molecule has 1 saturated heterocycles. The van der Waals surface area contributed by atoms with Crippen LogP contribution in [0, 0.1) is 0 Å². The van der Waals surface area contributed by atoms with Gasteiger partial charge in [-0.05, 0) is 18.6 Å². The minimum absolute atomic E-state index is 0.196. The number of nitrogen functional groups attached to an aromatic ring is 1. The summed E-state index contributed by atoms with van der Waals surface area (Å²) in [4.78, 5) is 13.0. The highest BCUT2D eigenvalue weighted by atomic mass is 16.2. The van der Waals surface area contributed by atoms with Gasteiger partial charge in [0.2, 0.25) is 5.91 Å². The molecule has 0 aliphatic carbocycles. The minimum atomic E-state index is 0.196. The van der Waals surface area contributed by atoms with Gasteiger partial charge in [0.15, 0.2) is 0 Å². The lowest BCUT2D eigenvalue weighted by Crippen LogP contribution is -2.43. The third kappa shape index (κ3) is 2.39. The van der Waals surface area contributed by atoms with E-state index in [1.165, 1.54) is 0 Å². The Hall–Kier alpha value is -1.85. The maximum absolute atomic E-state index is 11.3. The fourth-order valence-electron chi connectivity index (χ4n) is 1.76. The number of likely N-dealkylation sites (tertiary alicyclic amines) is 1. The van der Waals surface area contributed by atoms with Gasteiger partial charge in [-0.1, -0.05) is 0 Å². The molecule has 1 aromatic heterocycles. The van der Waals surface area contributed by atoms with Gasteiger partial charge >= 0.3 is 0 Å². The van der Waals surface area contributed by atoms with Crippen LogP contribution in [0.2, 0.25) is 0 Å². The Morgan fingerprint density at radius 3 is 2.94 bits per heavy atom. The first kappa shape index (κ1) is 10.7. The second kappa shape index (κ2) is 4.34. The van der Waals surface area contributed by atoms with Crippen molar-refractivity contribution in [3.05, 3.63) is 12.1 Å². The maximum Gasteiger partial charge on any atom is 0.222 e. The Bertz CT molecular complexity index is 377. The van der Waals surface area contributed by atoms with Crippen LogP contribution in [0.1, 0.15) is 12.8 Å². The standard InChI is InChI=1S/C10H15N5O/c1-15-6-7(2-5-10(15)16)12-9-4-3-8(11)13-14-9/h3-4,7H,2,5-6H2,1H3,(H2,11,13)(H,12,14). The van der Waals surface area contributed by atoms with Crippen molar-refractivity contribution >= 4 is 17.5 Å². The lowest BCUT2D eigenvalue weighted by atomic mass is 10.1. The molecule has 1 aliphatic rings. The average Bonchev–Trinajstić information content (AvgIpc) is 2.27. The van der Waals surface area contributed by atoms with Crippen LogP contribution in [0.3, 0.4) is 0 Å². The van der Waals surface area contributed by atoms with E-state index < -0.39 is 0 Å². The molecule has 16 heavy (non-hydrogen) atoms. The number of aromatic nitrogens is 2. The Balaban J connectivity index is 1.95. The van der Waals surface area contributed by atoms with E-state index in [9.17, 15) is 4.79 Å². The quantitative estimate of drug-likeness (QED) is 0.739. The predicted molar refractivity (Wildman–Crippen MR) is 60.7 cm³/mol. The fraction of sp³-hybridized carbons (Fsp3) is 0.500. The van der Waals surface area contributed by atoms with Crippen LogP contribution in [0.5, 0.6) is 0 Å². The second-order valence-corrected chi connectivity index (χ2v) is 4.00. The zero-order valence-electron chi connectivity index (χ0n) is 9.18. The summed E-state index contributed by atoms with van der Waals surface area (Å²) in [7, 11) is 1.81. The van der Waals surface area contributed by atoms with Gasteiger partial charge in [0, 0.05) is 26.1 Å². The molecule has 1 aromatic rings. The van der Waals surface area contributed by atoms with Crippen molar-refractivity contribution in [3.8, 4) is 0 Å². The minimum Gasteiger partial charge on any atom is -0.382 e. The molecule has 3 N–H and O–H groups in total. The number of carbonyl (C=O) groups excluding carboxylic acids is 1. The normalized spacial score (nSPS) is 20.9. The summed E-state index contributed by atoms with van der Waals surface area (Å²) >= 11 is 0. The summed E-state index contributed by atoms with van der Waals surface area (Å²) < 4.78 is 0. The summed E-state index contributed by atoms with van der Waals surface area (Å²) in [6, 6.07) is 3.73. The topological polar surface area (TPSA) is 84.1 Å². The van der Waals surface area contributed by atoms with Crippen LogP contribution in [-0.4, -0.2) is 40.6 Å². The molecule has 86 valence electrons. The van der Waals surface area contributed by atoms with E-state index in [0.29, 0.717) is 24.6 Å². The molecular weight excluding hydrogens is 206 g/mol. The molecule has 1 fully saturated rings. The summed E-state index contributed by atoms with van der Waals surface area (Å²) in [6.45, 7) is 0.699. The first-order valence-corrected chi connectivity index (χ1v) is 5.25. The van der Waals surface area contributed by atoms with E-state index in [0.717, 1.165) is 6.42 Å². The smallest absolute Gasteiger partial charge is 0.222 e. The Labute approximate surface area is 93.8 Å². The van der Waals surface area contributed by atoms with Crippen molar-refractivity contribution in [1.82, 2.24) is 15.1 Å². The van der Waals surface area contributed by atoms with Gasteiger partial charge in [0.1, 0.15) is 11.6 Å². The van der Waals surface area contributed by atoms with Crippen molar-refractivity contribution in [2.45, 2.75) is 18.9 Å². The van der Waals surface area contributed by atoms with Crippen LogP contribution in [0.4, 0.5) is 11.6 Å². The summed E-state index contributed by atoms with van der Waals surface area (Å²) in [5.74, 6) is 1.30. The Morgan fingerprint density at radius 1 is 1.50 bits per heavy atom. The monoisotopic (exact) mass is 221 g/mol. The van der Waals surface area contributed by atoms with E-state index in [1.807, 2.05) is 7.05 Å². The van der Waals surface area contributed by atoms with Crippen molar-refractivity contribution < 1.29 is 4.79 Å². The first-order chi connectivity index (χ1) is 7.65. The molecule has 2 heterocycles. The number of nitrogens with zero attached hydrogens (tertiary/aromatic N) is 3. The number of nitrogens with two attached hydrogens (primary N) is 1. The third-order valence-electron chi connectivity index (χ3n) is 2.66. The van der Waals surface area contributed by atoms with E-state index >= 15 is 0 Å². The van der Waals surface area contributed by atoms with Gasteiger partial charge in [-0.3, -0.25) is 4.79 Å². The summed E-state index contributed by atoms with van der Waals surface area (Å²) in [5, 5.41) is 10.9. The van der Waals surface area contributed by atoms with Crippen LogP contribution >= 0.6 is 0 Å². The maximum atomic E-state index is 11.3. The highest BCUT2D eigenvalue weighted by molar-refractivity contribution is 5.77. The van der Waals surface area contributed by atoms with E-state index in [4.69, 9.17) is 5.73 Å². The van der Waals surface area contributed by atoms with Gasteiger partial charge < -0.3 is 16.0 Å². The largest absolute Gasteiger partial charge is 0.382 e. The molecule has 6 heteroatoms. The van der Waals surface area contributed by atoms with Gasteiger partial charge in [-0.2, -0.15) is 0 Å². The van der Waals surface area contributed by atoms with Gasteiger partial charge in [0.25, 0.3) is 0 Å². The Kier molecular flexibility index (Phi) is 2.89. The molecule has 1 amide bonds. The van der Waals surface area contributed by atoms with Crippen LogP contribution in [0.25, 0.3) is 0 Å². The number of anilines is 2. The van der Waals surface area contributed by atoms with E-state index in [2.05, 4.69) is 15.5 Å². The van der Waals surface area contributed by atoms with Gasteiger partial charge in [0.05, 0.1) is 0 Å². The Morgan fingerprint density at radius 2 is 2.31 bits per heavy atom. The SMILES string of the molecule is CN1CC(Nc2ccc(N)nn2)CCC1=O. The molecule has 1 unspecified atom stereocenters. The van der Waals surface area contributed by atoms with Crippen molar-refractivity contribution in [2.75, 3.05) is 24.6 Å². The average molecular weight is 221 g/mol. The zero-order valence-corrected chi connectivity index (χ0v) is 9.18. The molecule has 0 radical (unpaired) electrons. The molecule has 2 rings (SSSR count). The first-order valence-electron chi connectivity index (χ1n) is 5.25. The van der Waals surface area contributed by atoms with Crippen LogP contribution in [0.15, 0.2) is 12.1 Å². The van der Waals surface area contributed by atoms with Crippen LogP contribution < -0.4 is 11.1 Å². The van der Waals surface area contributed by atoms with Gasteiger partial charge in [-0.15, -0.1) is 10.2 Å². The van der Waals surface area contributed by atoms with Crippen molar-refractivity contribution in [1.29, 1.82) is 0 Å². The highest BCUT2D eigenvalue weighted by Gasteiger charge is 2.22. The lowest BCUT2D eigenvalue weighted by molar-refractivity contribution is -0.132. The van der Waals surface area contributed by atoms with Gasteiger partial charge in [-0.25, -0.2) is 0 Å². The summed E-state index contributed by atoms with van der Waals surface area (Å²) in [5.41, 5.74) is 5.45. The third-order valence-corrected chi connectivity index (χ3v) is 2.66. The molecule has 0 bridgehead atoms. The number of amides is 1. The number of nitrogens with one attached hydrogen (secondary N) is 1. The van der Waals surface area contributed by atoms with Crippen molar-refractivity contribution in [2.24, 2.45) is 0 Å². The number of rotatable bonds is 2. The van der Waals surface area contributed by atoms with Crippen LogP contribution in [-0.2, 0) is 4.79 Å². The zero-order chi connectivity index (χ0) is 11.5. The molecule has 0 aromatic carbocycles. The molecule has 6 nitrogen and oxygen atoms in total. The second-order valence-electron chi connectivity index (χ2n) is 4.00.